The van der Waals surface area contributed by atoms with Gasteiger partial charge in [-0.3, -0.25) is 4.79 Å². The summed E-state index contributed by atoms with van der Waals surface area (Å²) in [5.41, 5.74) is 1.95. The lowest BCUT2D eigenvalue weighted by Gasteiger charge is -2.22. The van der Waals surface area contributed by atoms with Crippen LogP contribution in [0.25, 0.3) is 17.4 Å². The number of amides is 1. The molecule has 1 aliphatic carbocycles. The monoisotopic (exact) mass is 365 g/mol. The molecular weight excluding hydrogens is 342 g/mol. The van der Waals surface area contributed by atoms with E-state index in [0.29, 0.717) is 23.0 Å². The van der Waals surface area contributed by atoms with Crippen LogP contribution in [0.3, 0.4) is 0 Å². The van der Waals surface area contributed by atoms with Crippen molar-refractivity contribution in [3.63, 3.8) is 0 Å². The number of aryl methyl sites for hydroxylation is 1. The standard InChI is InChI=1S/C20H23N5O2/c1-13-8-9-18(27-13)17-10-11-21-20(24-17)25-14(2)16(12-22-25)19(26)23-15-6-4-3-5-7-15/h8-12,15H,3-7H2,1-2H3,(H,23,26). The second kappa shape index (κ2) is 7.34. The van der Waals surface area contributed by atoms with Crippen molar-refractivity contribution in [3.8, 4) is 17.4 Å². The zero-order valence-corrected chi connectivity index (χ0v) is 15.6. The lowest BCUT2D eigenvalue weighted by atomic mass is 9.95. The van der Waals surface area contributed by atoms with E-state index in [2.05, 4.69) is 20.4 Å². The minimum Gasteiger partial charge on any atom is -0.460 e. The quantitative estimate of drug-likeness (QED) is 0.763. The van der Waals surface area contributed by atoms with Crippen molar-refractivity contribution >= 4 is 5.91 Å². The average Bonchev–Trinajstić information content (AvgIpc) is 3.28. The van der Waals surface area contributed by atoms with E-state index in [1.807, 2.05) is 26.0 Å². The fourth-order valence-electron chi connectivity index (χ4n) is 3.50. The van der Waals surface area contributed by atoms with Gasteiger partial charge in [0.2, 0.25) is 0 Å². The minimum absolute atomic E-state index is 0.0801. The van der Waals surface area contributed by atoms with Crippen LogP contribution in [0.5, 0.6) is 0 Å². The number of hydrogen-bond donors (Lipinski definition) is 1. The predicted molar refractivity (Wildman–Crippen MR) is 101 cm³/mol. The third-order valence-electron chi connectivity index (χ3n) is 5.02. The number of carbonyl (C=O) groups is 1. The van der Waals surface area contributed by atoms with Gasteiger partial charge in [0.1, 0.15) is 11.5 Å². The molecule has 140 valence electrons. The number of nitrogens with zero attached hydrogens (tertiary/aromatic N) is 4. The molecule has 0 atom stereocenters. The van der Waals surface area contributed by atoms with Gasteiger partial charge in [0.05, 0.1) is 17.5 Å². The van der Waals surface area contributed by atoms with Crippen molar-refractivity contribution in [1.29, 1.82) is 0 Å². The molecule has 3 aromatic heterocycles. The summed E-state index contributed by atoms with van der Waals surface area (Å²) < 4.78 is 7.23. The zero-order chi connectivity index (χ0) is 18.8. The molecule has 7 nitrogen and oxygen atoms in total. The van der Waals surface area contributed by atoms with Crippen molar-refractivity contribution in [2.45, 2.75) is 52.0 Å². The van der Waals surface area contributed by atoms with Gasteiger partial charge in [-0.05, 0) is 44.9 Å². The van der Waals surface area contributed by atoms with E-state index < -0.39 is 0 Å². The molecule has 4 rings (SSSR count). The van der Waals surface area contributed by atoms with Gasteiger partial charge in [0.25, 0.3) is 11.9 Å². The summed E-state index contributed by atoms with van der Waals surface area (Å²) >= 11 is 0. The highest BCUT2D eigenvalue weighted by Crippen LogP contribution is 2.21. The molecule has 1 aliphatic rings. The summed E-state index contributed by atoms with van der Waals surface area (Å²) in [4.78, 5) is 21.5. The van der Waals surface area contributed by atoms with Crippen LogP contribution < -0.4 is 5.32 Å². The molecule has 0 aromatic carbocycles. The molecular formula is C20H23N5O2. The topological polar surface area (TPSA) is 85.8 Å². The Balaban J connectivity index is 1.57. The highest BCUT2D eigenvalue weighted by Gasteiger charge is 2.21. The van der Waals surface area contributed by atoms with Crippen molar-refractivity contribution in [2.24, 2.45) is 0 Å². The fourth-order valence-corrected chi connectivity index (χ4v) is 3.50. The first kappa shape index (κ1) is 17.5. The first-order valence-corrected chi connectivity index (χ1v) is 9.37. The fraction of sp³-hybridized carbons (Fsp3) is 0.400. The number of hydrogen-bond acceptors (Lipinski definition) is 5. The summed E-state index contributed by atoms with van der Waals surface area (Å²) in [7, 11) is 0. The lowest BCUT2D eigenvalue weighted by Crippen LogP contribution is -2.36. The normalized spacial score (nSPS) is 15.0. The van der Waals surface area contributed by atoms with Gasteiger partial charge < -0.3 is 9.73 Å². The van der Waals surface area contributed by atoms with E-state index in [0.717, 1.165) is 24.3 Å². The van der Waals surface area contributed by atoms with Crippen molar-refractivity contribution < 1.29 is 9.21 Å². The Morgan fingerprint density at radius 2 is 2.00 bits per heavy atom. The number of aromatic nitrogens is 4. The zero-order valence-electron chi connectivity index (χ0n) is 15.6. The highest BCUT2D eigenvalue weighted by atomic mass is 16.3. The molecule has 1 fully saturated rings. The van der Waals surface area contributed by atoms with Crippen LogP contribution in [0.4, 0.5) is 0 Å². The molecule has 1 N–H and O–H groups in total. The van der Waals surface area contributed by atoms with Crippen LogP contribution in [0.2, 0.25) is 0 Å². The average molecular weight is 365 g/mol. The van der Waals surface area contributed by atoms with Crippen LogP contribution >= 0.6 is 0 Å². The van der Waals surface area contributed by atoms with Gasteiger partial charge in [0, 0.05) is 12.2 Å². The Bertz CT molecular complexity index is 953. The maximum Gasteiger partial charge on any atom is 0.254 e. The third-order valence-corrected chi connectivity index (χ3v) is 5.02. The molecule has 3 heterocycles. The maximum atomic E-state index is 12.6. The summed E-state index contributed by atoms with van der Waals surface area (Å²) in [6.45, 7) is 3.75. The molecule has 1 amide bonds. The van der Waals surface area contributed by atoms with Crippen LogP contribution in [-0.2, 0) is 0 Å². The minimum atomic E-state index is -0.0801. The Morgan fingerprint density at radius 3 is 2.74 bits per heavy atom. The highest BCUT2D eigenvalue weighted by molar-refractivity contribution is 5.95. The van der Waals surface area contributed by atoms with E-state index in [1.165, 1.54) is 19.3 Å². The number of carbonyl (C=O) groups excluding carboxylic acids is 1. The van der Waals surface area contributed by atoms with Crippen LogP contribution in [0.15, 0.2) is 35.0 Å². The summed E-state index contributed by atoms with van der Waals surface area (Å²) in [5, 5.41) is 7.47. The Hall–Kier alpha value is -2.96. The van der Waals surface area contributed by atoms with E-state index >= 15 is 0 Å². The van der Waals surface area contributed by atoms with Gasteiger partial charge in [-0.2, -0.15) is 5.10 Å². The molecule has 0 bridgehead atoms. The number of furan rings is 1. The second-order valence-corrected chi connectivity index (χ2v) is 7.02. The van der Waals surface area contributed by atoms with Crippen LogP contribution in [-0.4, -0.2) is 31.7 Å². The smallest absolute Gasteiger partial charge is 0.254 e. The molecule has 0 unspecified atom stereocenters. The van der Waals surface area contributed by atoms with Crippen molar-refractivity contribution in [3.05, 3.63) is 47.6 Å². The third kappa shape index (κ3) is 3.63. The summed E-state index contributed by atoms with van der Waals surface area (Å²) in [5.74, 6) is 1.83. The molecule has 27 heavy (non-hydrogen) atoms. The first-order chi connectivity index (χ1) is 13.1. The van der Waals surface area contributed by atoms with Gasteiger partial charge >= 0.3 is 0 Å². The van der Waals surface area contributed by atoms with Gasteiger partial charge in [-0.15, -0.1) is 0 Å². The lowest BCUT2D eigenvalue weighted by molar-refractivity contribution is 0.0927. The Kier molecular flexibility index (Phi) is 4.75. The molecule has 3 aromatic rings. The van der Waals surface area contributed by atoms with Crippen LogP contribution in [0, 0.1) is 13.8 Å². The van der Waals surface area contributed by atoms with Gasteiger partial charge in [0.15, 0.2) is 5.76 Å². The largest absolute Gasteiger partial charge is 0.460 e. The molecule has 7 heteroatoms. The number of rotatable bonds is 4. The Morgan fingerprint density at radius 1 is 1.19 bits per heavy atom. The summed E-state index contributed by atoms with van der Waals surface area (Å²) in [6, 6.07) is 5.82. The SMILES string of the molecule is Cc1ccc(-c2ccnc(-n3ncc(C(=O)NC4CCCCC4)c3C)n2)o1. The van der Waals surface area contributed by atoms with Crippen molar-refractivity contribution in [1.82, 2.24) is 25.1 Å². The molecule has 0 radical (unpaired) electrons. The molecule has 0 spiro atoms. The van der Waals surface area contributed by atoms with E-state index in [4.69, 9.17) is 4.42 Å². The second-order valence-electron chi connectivity index (χ2n) is 7.02. The first-order valence-electron chi connectivity index (χ1n) is 9.37. The molecule has 0 aliphatic heterocycles. The predicted octanol–water partition coefficient (Wildman–Crippen LogP) is 3.60. The maximum absolute atomic E-state index is 12.6. The summed E-state index contributed by atoms with van der Waals surface area (Å²) in [6.07, 6.45) is 8.95. The molecule has 0 saturated heterocycles. The number of nitrogens with one attached hydrogen (secondary N) is 1. The Labute approximate surface area is 157 Å². The van der Waals surface area contributed by atoms with Gasteiger partial charge in [-0.1, -0.05) is 19.3 Å². The van der Waals surface area contributed by atoms with E-state index in [-0.39, 0.29) is 11.9 Å². The van der Waals surface area contributed by atoms with E-state index in [9.17, 15) is 4.79 Å². The van der Waals surface area contributed by atoms with Crippen molar-refractivity contribution in [2.75, 3.05) is 0 Å². The van der Waals surface area contributed by atoms with Crippen LogP contribution in [0.1, 0.15) is 53.9 Å². The van der Waals surface area contributed by atoms with Gasteiger partial charge in [-0.25, -0.2) is 14.6 Å². The molecule has 1 saturated carbocycles. The van der Waals surface area contributed by atoms with E-state index in [1.54, 1.807) is 23.1 Å².